The minimum atomic E-state index is -0.142. The van der Waals surface area contributed by atoms with Gasteiger partial charge in [0.25, 0.3) is 0 Å². The van der Waals surface area contributed by atoms with Crippen LogP contribution in [-0.4, -0.2) is 0 Å². The third kappa shape index (κ3) is 5.02. The molecule has 2 bridgehead atoms. The van der Waals surface area contributed by atoms with E-state index >= 15 is 0 Å². The molecule has 3 fully saturated rings. The maximum atomic E-state index is 2.61. The minimum absolute atomic E-state index is 0.142. The molecule has 0 heterocycles. The zero-order valence-electron chi connectivity index (χ0n) is 30.2. The van der Waals surface area contributed by atoms with Crippen molar-refractivity contribution >= 4 is 27.8 Å². The molecule has 0 aromatic heterocycles. The van der Waals surface area contributed by atoms with Gasteiger partial charge in [0.1, 0.15) is 0 Å². The Hall–Kier alpha value is -4.62. The highest BCUT2D eigenvalue weighted by Gasteiger charge is 2.42. The first-order valence-corrected chi connectivity index (χ1v) is 19.8. The SMILES string of the molecule is CC1(C)c2ccccc2-c2ccc(N(c3ccc(C4CCCCC4)cc3)c3ccc(C4CC5CCC4C5)c4ccccc34)c(-c3ccccc3)c21. The van der Waals surface area contributed by atoms with Crippen LogP contribution in [0.2, 0.25) is 0 Å². The molecule has 0 amide bonds. The predicted octanol–water partition coefficient (Wildman–Crippen LogP) is 14.2. The maximum Gasteiger partial charge on any atom is 0.0543 e. The largest absolute Gasteiger partial charge is 0.309 e. The van der Waals surface area contributed by atoms with Gasteiger partial charge in [-0.3, -0.25) is 0 Å². The molecule has 0 aliphatic heterocycles. The fourth-order valence-electron chi connectivity index (χ4n) is 11.1. The lowest BCUT2D eigenvalue weighted by molar-refractivity contribution is 0.422. The van der Waals surface area contributed by atoms with E-state index in [9.17, 15) is 0 Å². The third-order valence-corrected chi connectivity index (χ3v) is 13.5. The van der Waals surface area contributed by atoms with E-state index in [1.54, 1.807) is 5.56 Å². The van der Waals surface area contributed by atoms with Gasteiger partial charge in [0, 0.05) is 22.1 Å². The van der Waals surface area contributed by atoms with E-state index in [-0.39, 0.29) is 5.41 Å². The minimum Gasteiger partial charge on any atom is -0.309 e. The molecule has 0 spiro atoms. The van der Waals surface area contributed by atoms with Crippen molar-refractivity contribution in [1.29, 1.82) is 0 Å². The Kier molecular flexibility index (Phi) is 7.49. The lowest BCUT2D eigenvalue weighted by Gasteiger charge is -2.33. The smallest absolute Gasteiger partial charge is 0.0543 e. The highest BCUT2D eigenvalue weighted by molar-refractivity contribution is 6.04. The van der Waals surface area contributed by atoms with Crippen LogP contribution in [0.15, 0.2) is 127 Å². The summed E-state index contributed by atoms with van der Waals surface area (Å²) in [5.74, 6) is 3.13. The zero-order valence-corrected chi connectivity index (χ0v) is 30.2. The van der Waals surface area contributed by atoms with Gasteiger partial charge < -0.3 is 4.90 Å². The molecule has 3 saturated carbocycles. The van der Waals surface area contributed by atoms with E-state index in [1.165, 1.54) is 125 Å². The standard InChI is InChI=1S/C50H49N/c1-50(2)45-20-12-11-18-41(45)43-28-30-47(48(49(43)50)36-15-7-4-8-16-36)51(38-25-23-35(24-26-38)34-13-5-3-6-14-34)46-29-27-40(39-17-9-10-19-42(39)46)44-32-33-21-22-37(44)31-33/h4,7-12,15-20,23-30,33-34,37,44H,3,5-6,13-14,21-22,31-32H2,1-2H3. The molecule has 0 N–H and O–H groups in total. The van der Waals surface area contributed by atoms with E-state index in [1.807, 2.05) is 0 Å². The lowest BCUT2D eigenvalue weighted by Crippen LogP contribution is -2.19. The van der Waals surface area contributed by atoms with Gasteiger partial charge >= 0.3 is 0 Å². The molecule has 10 rings (SSSR count). The summed E-state index contributed by atoms with van der Waals surface area (Å²) in [5.41, 5.74) is 14.9. The van der Waals surface area contributed by atoms with Crippen LogP contribution in [-0.2, 0) is 5.41 Å². The normalized spacial score (nSPS) is 21.9. The lowest BCUT2D eigenvalue weighted by atomic mass is 9.78. The van der Waals surface area contributed by atoms with Crippen LogP contribution < -0.4 is 4.90 Å². The van der Waals surface area contributed by atoms with E-state index < -0.39 is 0 Å². The molecular formula is C50H49N. The summed E-state index contributed by atoms with van der Waals surface area (Å²) in [7, 11) is 0. The second-order valence-electron chi connectivity index (χ2n) is 16.7. The van der Waals surface area contributed by atoms with Crippen molar-refractivity contribution in [2.45, 2.75) is 88.9 Å². The van der Waals surface area contributed by atoms with E-state index in [0.717, 1.165) is 11.8 Å². The van der Waals surface area contributed by atoms with Gasteiger partial charge in [-0.15, -0.1) is 0 Å². The number of hydrogen-bond donors (Lipinski definition) is 0. The van der Waals surface area contributed by atoms with Crippen molar-refractivity contribution in [3.05, 3.63) is 150 Å². The Bertz CT molecular complexity index is 2240. The molecule has 1 nitrogen and oxygen atoms in total. The summed E-state index contributed by atoms with van der Waals surface area (Å²) >= 11 is 0. The first-order chi connectivity index (χ1) is 25.1. The second kappa shape index (κ2) is 12.3. The maximum absolute atomic E-state index is 2.61. The fraction of sp³-hybridized carbons (Fsp3) is 0.320. The molecule has 3 unspecified atom stereocenters. The Morgan fingerprint density at radius 2 is 1.29 bits per heavy atom. The number of rotatable bonds is 6. The van der Waals surface area contributed by atoms with Crippen molar-refractivity contribution in [2.75, 3.05) is 4.90 Å². The molecule has 6 aromatic carbocycles. The van der Waals surface area contributed by atoms with Gasteiger partial charge in [0.05, 0.1) is 11.4 Å². The fourth-order valence-corrected chi connectivity index (χ4v) is 11.1. The first-order valence-electron chi connectivity index (χ1n) is 19.8. The van der Waals surface area contributed by atoms with Gasteiger partial charge in [-0.25, -0.2) is 0 Å². The van der Waals surface area contributed by atoms with Crippen molar-refractivity contribution in [3.63, 3.8) is 0 Å². The third-order valence-electron chi connectivity index (χ3n) is 13.5. The number of nitrogens with zero attached hydrogens (tertiary/aromatic N) is 1. The van der Waals surface area contributed by atoms with E-state index in [4.69, 9.17) is 0 Å². The van der Waals surface area contributed by atoms with Crippen molar-refractivity contribution in [3.8, 4) is 22.3 Å². The highest BCUT2D eigenvalue weighted by Crippen LogP contribution is 2.58. The van der Waals surface area contributed by atoms with Crippen LogP contribution in [0.25, 0.3) is 33.0 Å². The quantitative estimate of drug-likeness (QED) is 0.171. The number of fused-ring (bicyclic) bond motifs is 6. The summed E-state index contributed by atoms with van der Waals surface area (Å²) in [4.78, 5) is 2.61. The van der Waals surface area contributed by atoms with Crippen LogP contribution in [0.5, 0.6) is 0 Å². The molecule has 3 atom stereocenters. The zero-order chi connectivity index (χ0) is 34.1. The van der Waals surface area contributed by atoms with Crippen LogP contribution in [0.1, 0.15) is 106 Å². The predicted molar refractivity (Wildman–Crippen MR) is 216 cm³/mol. The first kappa shape index (κ1) is 31.1. The Labute approximate surface area is 304 Å². The average Bonchev–Trinajstić information content (AvgIpc) is 3.89. The van der Waals surface area contributed by atoms with Crippen molar-refractivity contribution in [1.82, 2.24) is 0 Å². The van der Waals surface area contributed by atoms with Crippen molar-refractivity contribution in [2.24, 2.45) is 11.8 Å². The molecule has 4 aliphatic carbocycles. The highest BCUT2D eigenvalue weighted by atomic mass is 15.1. The summed E-state index contributed by atoms with van der Waals surface area (Å²) in [6, 6.07) is 49.1. The average molecular weight is 664 g/mol. The number of benzene rings is 6. The van der Waals surface area contributed by atoms with Crippen LogP contribution in [0, 0.1) is 11.8 Å². The van der Waals surface area contributed by atoms with E-state index in [0.29, 0.717) is 11.8 Å². The van der Waals surface area contributed by atoms with Crippen molar-refractivity contribution < 1.29 is 0 Å². The van der Waals surface area contributed by atoms with Gasteiger partial charge in [-0.2, -0.15) is 0 Å². The molecule has 0 saturated heterocycles. The number of hydrogen-bond acceptors (Lipinski definition) is 1. The Balaban J connectivity index is 1.22. The summed E-state index contributed by atoms with van der Waals surface area (Å²) in [5, 5.41) is 2.79. The van der Waals surface area contributed by atoms with Gasteiger partial charge in [-0.1, -0.05) is 143 Å². The topological polar surface area (TPSA) is 3.24 Å². The van der Waals surface area contributed by atoms with Crippen LogP contribution in [0.3, 0.4) is 0 Å². The van der Waals surface area contributed by atoms with Crippen LogP contribution >= 0.6 is 0 Å². The van der Waals surface area contributed by atoms with E-state index in [2.05, 4.69) is 146 Å². The van der Waals surface area contributed by atoms with Crippen LogP contribution in [0.4, 0.5) is 17.1 Å². The van der Waals surface area contributed by atoms with Gasteiger partial charge in [0.15, 0.2) is 0 Å². The molecule has 6 aromatic rings. The second-order valence-corrected chi connectivity index (χ2v) is 16.7. The summed E-state index contributed by atoms with van der Waals surface area (Å²) < 4.78 is 0. The van der Waals surface area contributed by atoms with Gasteiger partial charge in [-0.05, 0) is 124 Å². The molecule has 4 aliphatic rings. The van der Waals surface area contributed by atoms with Gasteiger partial charge in [0.2, 0.25) is 0 Å². The monoisotopic (exact) mass is 663 g/mol. The number of anilines is 3. The molecule has 254 valence electrons. The Morgan fingerprint density at radius 1 is 0.569 bits per heavy atom. The Morgan fingerprint density at radius 3 is 2.06 bits per heavy atom. The molecule has 1 heteroatoms. The summed E-state index contributed by atoms with van der Waals surface area (Å²) in [6.45, 7) is 4.85. The molecule has 0 radical (unpaired) electrons. The molecular weight excluding hydrogens is 615 g/mol. The summed E-state index contributed by atoms with van der Waals surface area (Å²) in [6.07, 6.45) is 12.3. The molecule has 51 heavy (non-hydrogen) atoms.